The van der Waals surface area contributed by atoms with E-state index in [1.54, 1.807) is 12.1 Å². The third-order valence-corrected chi connectivity index (χ3v) is 6.26. The molecule has 0 spiro atoms. The van der Waals surface area contributed by atoms with Crippen LogP contribution in [0, 0.1) is 12.8 Å². The lowest BCUT2D eigenvalue weighted by Gasteiger charge is -2.21. The van der Waals surface area contributed by atoms with Crippen molar-refractivity contribution in [1.82, 2.24) is 4.31 Å². The van der Waals surface area contributed by atoms with Crippen molar-refractivity contribution in [1.29, 1.82) is 0 Å². The van der Waals surface area contributed by atoms with Crippen molar-refractivity contribution in [2.75, 3.05) is 13.1 Å². The van der Waals surface area contributed by atoms with Crippen molar-refractivity contribution < 1.29 is 23.1 Å². The number of hydrogen-bond acceptors (Lipinski definition) is 4. The Morgan fingerprint density at radius 3 is 2.45 bits per heavy atom. The molecule has 0 saturated carbocycles. The fourth-order valence-electron chi connectivity index (χ4n) is 2.32. The zero-order chi connectivity index (χ0) is 16.5. The summed E-state index contributed by atoms with van der Waals surface area (Å²) in [6.45, 7) is 1.78. The molecule has 1 fully saturated rings. The van der Waals surface area contributed by atoms with E-state index in [4.69, 9.17) is 5.11 Å². The molecular formula is C14H16BrNO5S. The number of carbonyl (C=O) groups is 2. The molecule has 2 atom stereocenters. The maximum absolute atomic E-state index is 12.6. The van der Waals surface area contributed by atoms with Crippen LogP contribution in [0.3, 0.4) is 0 Å². The SMILES string of the molecule is Cc1ccc(S(=O)(=O)N2CCC(C(=O)O)C(=O)C(Br)C2)cc1. The molecule has 6 nitrogen and oxygen atoms in total. The van der Waals surface area contributed by atoms with Crippen LogP contribution in [0.2, 0.25) is 0 Å². The van der Waals surface area contributed by atoms with Crippen molar-refractivity contribution in [2.24, 2.45) is 5.92 Å². The molecule has 0 amide bonds. The van der Waals surface area contributed by atoms with Crippen LogP contribution in [-0.4, -0.2) is 47.5 Å². The Labute approximate surface area is 137 Å². The van der Waals surface area contributed by atoms with Crippen LogP contribution in [0.5, 0.6) is 0 Å². The van der Waals surface area contributed by atoms with E-state index >= 15 is 0 Å². The molecule has 1 N–H and O–H groups in total. The first-order valence-electron chi connectivity index (χ1n) is 6.71. The van der Waals surface area contributed by atoms with Gasteiger partial charge in [-0.15, -0.1) is 0 Å². The number of alkyl halides is 1. The van der Waals surface area contributed by atoms with Crippen LogP contribution < -0.4 is 0 Å². The molecule has 1 aromatic carbocycles. The molecule has 0 radical (unpaired) electrons. The number of carbonyl (C=O) groups excluding carboxylic acids is 1. The Kier molecular flexibility index (Phi) is 5.03. The second kappa shape index (κ2) is 6.47. The molecule has 2 rings (SSSR count). The average Bonchev–Trinajstić information content (AvgIpc) is 2.60. The number of aliphatic carboxylic acids is 1. The zero-order valence-electron chi connectivity index (χ0n) is 11.9. The van der Waals surface area contributed by atoms with Crippen LogP contribution in [0.1, 0.15) is 12.0 Å². The maximum atomic E-state index is 12.6. The lowest BCUT2D eigenvalue weighted by atomic mass is 10.00. The van der Waals surface area contributed by atoms with Gasteiger partial charge in [-0.05, 0) is 25.5 Å². The number of rotatable bonds is 3. The van der Waals surface area contributed by atoms with Crippen LogP contribution >= 0.6 is 15.9 Å². The lowest BCUT2D eigenvalue weighted by molar-refractivity contribution is -0.146. The van der Waals surface area contributed by atoms with E-state index in [-0.39, 0.29) is 24.4 Å². The highest BCUT2D eigenvalue weighted by molar-refractivity contribution is 9.10. The predicted octanol–water partition coefficient (Wildman–Crippen LogP) is 1.42. The summed E-state index contributed by atoms with van der Waals surface area (Å²) >= 11 is 3.11. The van der Waals surface area contributed by atoms with E-state index in [0.29, 0.717) is 0 Å². The number of aryl methyl sites for hydroxylation is 1. The molecular weight excluding hydrogens is 374 g/mol. The van der Waals surface area contributed by atoms with E-state index in [9.17, 15) is 18.0 Å². The van der Waals surface area contributed by atoms with E-state index in [1.807, 2.05) is 6.92 Å². The molecule has 2 unspecified atom stereocenters. The van der Waals surface area contributed by atoms with Gasteiger partial charge in [-0.2, -0.15) is 4.31 Å². The number of halogens is 1. The summed E-state index contributed by atoms with van der Waals surface area (Å²) in [6.07, 6.45) is -0.0264. The largest absolute Gasteiger partial charge is 0.481 e. The summed E-state index contributed by atoms with van der Waals surface area (Å²) in [5, 5.41) is 9.08. The highest BCUT2D eigenvalue weighted by Gasteiger charge is 2.39. The summed E-state index contributed by atoms with van der Waals surface area (Å²) in [5.41, 5.74) is 0.939. The number of carboxylic acids is 1. The Morgan fingerprint density at radius 2 is 1.91 bits per heavy atom. The number of sulfonamides is 1. The number of nitrogens with zero attached hydrogens (tertiary/aromatic N) is 1. The van der Waals surface area contributed by atoms with Gasteiger partial charge in [0.05, 0.1) is 9.72 Å². The molecule has 0 aromatic heterocycles. The standard InChI is InChI=1S/C14H16BrNO5S/c1-9-2-4-10(5-3-9)22(20,21)16-7-6-11(14(18)19)13(17)12(15)8-16/h2-5,11-12H,6-8H2,1H3,(H,18,19). The molecule has 120 valence electrons. The average molecular weight is 390 g/mol. The molecule has 1 saturated heterocycles. The number of benzene rings is 1. The van der Waals surface area contributed by atoms with Gasteiger partial charge in [0.2, 0.25) is 10.0 Å². The fourth-order valence-corrected chi connectivity index (χ4v) is 4.65. The van der Waals surface area contributed by atoms with Gasteiger partial charge in [-0.25, -0.2) is 8.42 Å². The lowest BCUT2D eigenvalue weighted by Crippen LogP contribution is -2.36. The van der Waals surface area contributed by atoms with E-state index in [1.165, 1.54) is 12.1 Å². The number of Topliss-reactive ketones (excluding diaryl/α,β-unsaturated/α-hetero) is 1. The van der Waals surface area contributed by atoms with E-state index in [2.05, 4.69) is 15.9 Å². The summed E-state index contributed by atoms with van der Waals surface area (Å²) in [7, 11) is -3.75. The summed E-state index contributed by atoms with van der Waals surface area (Å²) in [5.74, 6) is -2.89. The van der Waals surface area contributed by atoms with Gasteiger partial charge in [-0.1, -0.05) is 33.6 Å². The molecule has 8 heteroatoms. The highest BCUT2D eigenvalue weighted by Crippen LogP contribution is 2.25. The molecule has 0 bridgehead atoms. The van der Waals surface area contributed by atoms with Crippen molar-refractivity contribution in [3.8, 4) is 0 Å². The van der Waals surface area contributed by atoms with Crippen molar-refractivity contribution >= 4 is 37.7 Å². The third-order valence-electron chi connectivity index (χ3n) is 3.64. The van der Waals surface area contributed by atoms with Gasteiger partial charge in [0.25, 0.3) is 0 Å². The minimum absolute atomic E-state index is 0.00101. The Hall–Kier alpha value is -1.25. The summed E-state index contributed by atoms with van der Waals surface area (Å²) < 4.78 is 26.4. The molecule has 1 aliphatic rings. The highest BCUT2D eigenvalue weighted by atomic mass is 79.9. The number of ketones is 1. The molecule has 1 aliphatic heterocycles. The third kappa shape index (κ3) is 3.39. The van der Waals surface area contributed by atoms with Gasteiger partial charge in [-0.3, -0.25) is 9.59 Å². The second-order valence-electron chi connectivity index (χ2n) is 5.23. The monoisotopic (exact) mass is 389 g/mol. The minimum atomic E-state index is -3.75. The smallest absolute Gasteiger partial charge is 0.314 e. The maximum Gasteiger partial charge on any atom is 0.314 e. The molecule has 1 heterocycles. The number of carboxylic acid groups (broad SMARTS) is 1. The Balaban J connectivity index is 2.30. The predicted molar refractivity (Wildman–Crippen MR) is 83.4 cm³/mol. The quantitative estimate of drug-likeness (QED) is 0.623. The van der Waals surface area contributed by atoms with Gasteiger partial charge >= 0.3 is 5.97 Å². The normalized spacial score (nSPS) is 24.0. The van der Waals surface area contributed by atoms with Crippen LogP contribution in [0.25, 0.3) is 0 Å². The zero-order valence-corrected chi connectivity index (χ0v) is 14.3. The topological polar surface area (TPSA) is 91.8 Å². The second-order valence-corrected chi connectivity index (χ2v) is 8.27. The van der Waals surface area contributed by atoms with E-state index in [0.717, 1.165) is 9.87 Å². The van der Waals surface area contributed by atoms with Gasteiger partial charge in [0.1, 0.15) is 5.92 Å². The summed E-state index contributed by atoms with van der Waals surface area (Å²) in [6, 6.07) is 6.41. The first kappa shape index (κ1) is 17.1. The van der Waals surface area contributed by atoms with Crippen molar-refractivity contribution in [3.05, 3.63) is 29.8 Å². The van der Waals surface area contributed by atoms with Crippen LogP contribution in [-0.2, 0) is 19.6 Å². The van der Waals surface area contributed by atoms with Gasteiger partial charge < -0.3 is 5.11 Å². The van der Waals surface area contributed by atoms with Crippen LogP contribution in [0.15, 0.2) is 29.2 Å². The first-order chi connectivity index (χ1) is 10.2. The van der Waals surface area contributed by atoms with Gasteiger partial charge in [0.15, 0.2) is 5.78 Å². The molecule has 22 heavy (non-hydrogen) atoms. The Bertz CT molecular complexity index is 686. The van der Waals surface area contributed by atoms with Crippen molar-refractivity contribution in [2.45, 2.75) is 23.1 Å². The van der Waals surface area contributed by atoms with Crippen molar-refractivity contribution in [3.63, 3.8) is 0 Å². The first-order valence-corrected chi connectivity index (χ1v) is 9.06. The number of hydrogen-bond donors (Lipinski definition) is 1. The molecule has 1 aromatic rings. The Morgan fingerprint density at radius 1 is 1.32 bits per heavy atom. The van der Waals surface area contributed by atoms with Gasteiger partial charge in [0, 0.05) is 13.1 Å². The van der Waals surface area contributed by atoms with Crippen LogP contribution in [0.4, 0.5) is 0 Å². The minimum Gasteiger partial charge on any atom is -0.481 e. The van der Waals surface area contributed by atoms with E-state index < -0.39 is 32.5 Å². The fraction of sp³-hybridized carbons (Fsp3) is 0.429. The molecule has 0 aliphatic carbocycles. The summed E-state index contributed by atoms with van der Waals surface area (Å²) in [4.78, 5) is 22.4.